The van der Waals surface area contributed by atoms with Crippen molar-refractivity contribution >= 4 is 11.6 Å². The zero-order valence-corrected chi connectivity index (χ0v) is 20.6. The summed E-state index contributed by atoms with van der Waals surface area (Å²) in [6, 6.07) is 7.81. The molecule has 4 heterocycles. The van der Waals surface area contributed by atoms with E-state index < -0.39 is 0 Å². The minimum Gasteiger partial charge on any atom is -0.497 e. The fourth-order valence-corrected chi connectivity index (χ4v) is 4.85. The highest BCUT2D eigenvalue weighted by molar-refractivity contribution is 5.95. The predicted molar refractivity (Wildman–Crippen MR) is 131 cm³/mol. The molecule has 0 spiro atoms. The first-order chi connectivity index (χ1) is 17.0. The molecule has 5 rings (SSSR count). The third-order valence-corrected chi connectivity index (χ3v) is 6.74. The Morgan fingerprint density at radius 3 is 2.43 bits per heavy atom. The molecule has 0 atom stereocenters. The van der Waals surface area contributed by atoms with E-state index in [1.807, 2.05) is 55.4 Å². The van der Waals surface area contributed by atoms with E-state index in [2.05, 4.69) is 19.6 Å². The Morgan fingerprint density at radius 1 is 1.03 bits per heavy atom. The standard InChI is InChI=1S/C26H30N6O3/c1-17-11-24-28-15-23(18(2)32(24)29-17)26(33)30-8-5-20(6-9-30)25-27-7-10-31(25)16-19-12-21(34-3)14-22(13-19)35-4/h7,10-15,20H,5-6,8-9,16H2,1-4H3. The highest BCUT2D eigenvalue weighted by Gasteiger charge is 2.28. The summed E-state index contributed by atoms with van der Waals surface area (Å²) in [6.45, 7) is 5.88. The van der Waals surface area contributed by atoms with Crippen molar-refractivity contribution in [1.82, 2.24) is 29.0 Å². The molecule has 1 amide bonds. The lowest BCUT2D eigenvalue weighted by molar-refractivity contribution is 0.0708. The Hall–Kier alpha value is -3.88. The van der Waals surface area contributed by atoms with E-state index in [-0.39, 0.29) is 11.8 Å². The number of hydrogen-bond acceptors (Lipinski definition) is 6. The van der Waals surface area contributed by atoms with E-state index in [9.17, 15) is 4.79 Å². The van der Waals surface area contributed by atoms with Crippen LogP contribution in [0.25, 0.3) is 5.65 Å². The molecule has 0 saturated carbocycles. The highest BCUT2D eigenvalue weighted by atomic mass is 16.5. The van der Waals surface area contributed by atoms with Gasteiger partial charge in [-0.15, -0.1) is 0 Å². The Balaban J connectivity index is 1.28. The van der Waals surface area contributed by atoms with Crippen molar-refractivity contribution in [3.63, 3.8) is 0 Å². The number of benzene rings is 1. The minimum absolute atomic E-state index is 0.00956. The van der Waals surface area contributed by atoms with Crippen molar-refractivity contribution in [3.05, 3.63) is 71.2 Å². The summed E-state index contributed by atoms with van der Waals surface area (Å²) in [6.07, 6.45) is 7.25. The van der Waals surface area contributed by atoms with Crippen molar-refractivity contribution in [1.29, 1.82) is 0 Å². The van der Waals surface area contributed by atoms with E-state index >= 15 is 0 Å². The number of nitrogens with zero attached hydrogens (tertiary/aromatic N) is 6. The predicted octanol–water partition coefficient (Wildman–Crippen LogP) is 3.63. The molecule has 35 heavy (non-hydrogen) atoms. The third kappa shape index (κ3) is 4.45. The van der Waals surface area contributed by atoms with Gasteiger partial charge in [0, 0.05) is 56.3 Å². The summed E-state index contributed by atoms with van der Waals surface area (Å²) in [5.74, 6) is 2.87. The van der Waals surface area contributed by atoms with Crippen LogP contribution in [-0.4, -0.2) is 62.3 Å². The van der Waals surface area contributed by atoms with E-state index in [4.69, 9.17) is 9.47 Å². The number of hydrogen-bond donors (Lipinski definition) is 0. The van der Waals surface area contributed by atoms with E-state index in [0.29, 0.717) is 25.2 Å². The molecule has 0 bridgehead atoms. The fraction of sp³-hybridized carbons (Fsp3) is 0.385. The molecule has 9 nitrogen and oxygen atoms in total. The summed E-state index contributed by atoms with van der Waals surface area (Å²) < 4.78 is 14.8. The van der Waals surface area contributed by atoms with Crippen LogP contribution in [0, 0.1) is 13.8 Å². The number of piperidine rings is 1. The number of aryl methyl sites for hydroxylation is 2. The van der Waals surface area contributed by atoms with Crippen molar-refractivity contribution in [2.75, 3.05) is 27.3 Å². The number of carbonyl (C=O) groups is 1. The number of amides is 1. The molecular formula is C26H30N6O3. The number of likely N-dealkylation sites (tertiary alicyclic amines) is 1. The second kappa shape index (κ2) is 9.40. The van der Waals surface area contributed by atoms with E-state index in [1.54, 1.807) is 24.9 Å². The third-order valence-electron chi connectivity index (χ3n) is 6.74. The van der Waals surface area contributed by atoms with Crippen LogP contribution in [0.4, 0.5) is 0 Å². The monoisotopic (exact) mass is 474 g/mol. The maximum absolute atomic E-state index is 13.3. The first-order valence-electron chi connectivity index (χ1n) is 11.8. The van der Waals surface area contributed by atoms with Crippen LogP contribution in [0.15, 0.2) is 42.9 Å². The second-order valence-corrected chi connectivity index (χ2v) is 9.01. The number of imidazole rings is 1. The molecule has 1 aliphatic rings. The van der Waals surface area contributed by atoms with Crippen molar-refractivity contribution < 1.29 is 14.3 Å². The molecule has 0 radical (unpaired) electrons. The van der Waals surface area contributed by atoms with Gasteiger partial charge in [-0.25, -0.2) is 14.5 Å². The molecule has 0 aliphatic carbocycles. The molecule has 3 aromatic heterocycles. The summed E-state index contributed by atoms with van der Waals surface area (Å²) >= 11 is 0. The molecule has 0 unspecified atom stereocenters. The average molecular weight is 475 g/mol. The zero-order valence-electron chi connectivity index (χ0n) is 20.6. The van der Waals surface area contributed by atoms with E-state index in [1.165, 1.54) is 0 Å². The molecule has 1 saturated heterocycles. The van der Waals surface area contributed by atoms with Crippen LogP contribution in [-0.2, 0) is 6.54 Å². The van der Waals surface area contributed by atoms with Gasteiger partial charge in [0.05, 0.1) is 31.2 Å². The fourth-order valence-electron chi connectivity index (χ4n) is 4.85. The Bertz CT molecular complexity index is 1340. The van der Waals surface area contributed by atoms with Gasteiger partial charge in [0.15, 0.2) is 5.65 Å². The maximum Gasteiger partial charge on any atom is 0.257 e. The first-order valence-corrected chi connectivity index (χ1v) is 11.8. The SMILES string of the molecule is COc1cc(Cn2ccnc2C2CCN(C(=O)c3cnc4cc(C)nn4c3C)CC2)cc(OC)c1. The minimum atomic E-state index is 0.00956. The number of rotatable bonds is 6. The number of methoxy groups -OCH3 is 2. The van der Waals surface area contributed by atoms with Gasteiger partial charge in [0.2, 0.25) is 0 Å². The van der Waals surface area contributed by atoms with Crippen molar-refractivity contribution in [3.8, 4) is 11.5 Å². The van der Waals surface area contributed by atoms with Crippen LogP contribution >= 0.6 is 0 Å². The highest BCUT2D eigenvalue weighted by Crippen LogP contribution is 2.29. The van der Waals surface area contributed by atoms with Gasteiger partial charge in [-0.2, -0.15) is 5.10 Å². The molecule has 1 aromatic carbocycles. The topological polar surface area (TPSA) is 86.8 Å². The maximum atomic E-state index is 13.3. The van der Waals surface area contributed by atoms with Gasteiger partial charge in [-0.1, -0.05) is 0 Å². The molecule has 182 valence electrons. The molecular weight excluding hydrogens is 444 g/mol. The lowest BCUT2D eigenvalue weighted by Gasteiger charge is -2.32. The van der Waals surface area contributed by atoms with Crippen LogP contribution in [0.5, 0.6) is 11.5 Å². The summed E-state index contributed by atoms with van der Waals surface area (Å²) in [5.41, 5.74) is 4.15. The van der Waals surface area contributed by atoms with Crippen LogP contribution in [0.2, 0.25) is 0 Å². The van der Waals surface area contributed by atoms with Crippen LogP contribution < -0.4 is 9.47 Å². The average Bonchev–Trinajstić information content (AvgIpc) is 3.50. The number of carbonyl (C=O) groups excluding carboxylic acids is 1. The van der Waals surface area contributed by atoms with Crippen LogP contribution in [0.3, 0.4) is 0 Å². The van der Waals surface area contributed by atoms with Gasteiger partial charge >= 0.3 is 0 Å². The molecule has 1 fully saturated rings. The lowest BCUT2D eigenvalue weighted by Crippen LogP contribution is -2.39. The largest absolute Gasteiger partial charge is 0.497 e. The number of fused-ring (bicyclic) bond motifs is 1. The Morgan fingerprint density at radius 2 is 1.74 bits per heavy atom. The quantitative estimate of drug-likeness (QED) is 0.424. The summed E-state index contributed by atoms with van der Waals surface area (Å²) in [4.78, 5) is 24.3. The number of ether oxygens (including phenoxy) is 2. The Kier molecular flexibility index (Phi) is 6.15. The normalized spacial score (nSPS) is 14.5. The van der Waals surface area contributed by atoms with Crippen LogP contribution in [0.1, 0.15) is 51.9 Å². The van der Waals surface area contributed by atoms with Gasteiger partial charge < -0.3 is 18.9 Å². The lowest BCUT2D eigenvalue weighted by atomic mass is 9.95. The first kappa shape index (κ1) is 22.9. The van der Waals surface area contributed by atoms with Crippen molar-refractivity contribution in [2.24, 2.45) is 0 Å². The summed E-state index contributed by atoms with van der Waals surface area (Å²) in [7, 11) is 3.31. The van der Waals surface area contributed by atoms with E-state index in [0.717, 1.165) is 52.8 Å². The Labute approximate surface area is 204 Å². The van der Waals surface area contributed by atoms with Gasteiger partial charge in [0.1, 0.15) is 17.3 Å². The molecule has 4 aromatic rings. The molecule has 9 heteroatoms. The zero-order chi connectivity index (χ0) is 24.5. The second-order valence-electron chi connectivity index (χ2n) is 9.01. The van der Waals surface area contributed by atoms with Gasteiger partial charge in [-0.3, -0.25) is 4.79 Å². The number of aromatic nitrogens is 5. The van der Waals surface area contributed by atoms with Gasteiger partial charge in [-0.05, 0) is 44.4 Å². The smallest absolute Gasteiger partial charge is 0.257 e. The summed E-state index contributed by atoms with van der Waals surface area (Å²) in [5, 5.41) is 4.47. The van der Waals surface area contributed by atoms with Crippen molar-refractivity contribution in [2.45, 2.75) is 39.2 Å². The van der Waals surface area contributed by atoms with Gasteiger partial charge in [0.25, 0.3) is 5.91 Å². The molecule has 0 N–H and O–H groups in total. The molecule has 1 aliphatic heterocycles.